The standard InChI is InChI=1S/C16H11BrO2S/c17-16-8-7-15(20-16)14(18)10-19-13-6-5-11-3-1-2-4-12(11)9-13/h1-9H,10H2. The Kier molecular flexibility index (Phi) is 3.85. The van der Waals surface area contributed by atoms with Crippen LogP contribution in [0, 0.1) is 0 Å². The van der Waals surface area contributed by atoms with Crippen LogP contribution < -0.4 is 4.74 Å². The first-order valence-electron chi connectivity index (χ1n) is 6.12. The van der Waals surface area contributed by atoms with E-state index in [4.69, 9.17) is 4.74 Å². The first kappa shape index (κ1) is 13.3. The van der Waals surface area contributed by atoms with Crippen molar-refractivity contribution >= 4 is 43.8 Å². The van der Waals surface area contributed by atoms with Gasteiger partial charge >= 0.3 is 0 Å². The van der Waals surface area contributed by atoms with Gasteiger partial charge in [0.05, 0.1) is 8.66 Å². The maximum Gasteiger partial charge on any atom is 0.210 e. The summed E-state index contributed by atoms with van der Waals surface area (Å²) in [7, 11) is 0. The lowest BCUT2D eigenvalue weighted by atomic mass is 10.1. The van der Waals surface area contributed by atoms with Crippen LogP contribution in [-0.4, -0.2) is 12.4 Å². The van der Waals surface area contributed by atoms with Crippen LogP contribution >= 0.6 is 27.3 Å². The number of ether oxygens (including phenoxy) is 1. The van der Waals surface area contributed by atoms with Crippen LogP contribution in [0.3, 0.4) is 0 Å². The van der Waals surface area contributed by atoms with E-state index in [0.717, 1.165) is 14.6 Å². The predicted molar refractivity (Wildman–Crippen MR) is 85.8 cm³/mol. The van der Waals surface area contributed by atoms with Gasteiger partial charge in [-0.05, 0) is 51.0 Å². The number of halogens is 1. The lowest BCUT2D eigenvalue weighted by Crippen LogP contribution is -2.09. The molecule has 0 aliphatic heterocycles. The number of thiophene rings is 1. The van der Waals surface area contributed by atoms with Gasteiger partial charge in [-0.15, -0.1) is 11.3 Å². The molecule has 2 nitrogen and oxygen atoms in total. The van der Waals surface area contributed by atoms with Crippen LogP contribution in [0.2, 0.25) is 0 Å². The Morgan fingerprint density at radius 3 is 2.60 bits per heavy atom. The summed E-state index contributed by atoms with van der Waals surface area (Å²) < 4.78 is 6.53. The Balaban J connectivity index is 1.72. The maximum absolute atomic E-state index is 12.0. The van der Waals surface area contributed by atoms with Gasteiger partial charge < -0.3 is 4.74 Å². The highest BCUT2D eigenvalue weighted by molar-refractivity contribution is 9.11. The summed E-state index contributed by atoms with van der Waals surface area (Å²) in [6.45, 7) is 0.0608. The summed E-state index contributed by atoms with van der Waals surface area (Å²) in [6.07, 6.45) is 0. The summed E-state index contributed by atoms with van der Waals surface area (Å²) in [6, 6.07) is 17.6. The average molecular weight is 347 g/mol. The highest BCUT2D eigenvalue weighted by Crippen LogP contribution is 2.24. The molecular weight excluding hydrogens is 336 g/mol. The summed E-state index contributed by atoms with van der Waals surface area (Å²) in [4.78, 5) is 12.7. The van der Waals surface area contributed by atoms with Gasteiger partial charge in [0.2, 0.25) is 5.78 Å². The SMILES string of the molecule is O=C(COc1ccc2ccccc2c1)c1ccc(Br)s1. The van der Waals surface area contributed by atoms with Gasteiger partial charge in [0.1, 0.15) is 5.75 Å². The van der Waals surface area contributed by atoms with Gasteiger partial charge in [-0.1, -0.05) is 30.3 Å². The second-order valence-corrected chi connectivity index (χ2v) is 6.79. The van der Waals surface area contributed by atoms with E-state index in [1.54, 1.807) is 6.07 Å². The Labute approximate surface area is 129 Å². The second-order valence-electron chi connectivity index (χ2n) is 4.32. The number of rotatable bonds is 4. The highest BCUT2D eigenvalue weighted by atomic mass is 79.9. The minimum atomic E-state index is -0.00569. The van der Waals surface area contributed by atoms with Crippen LogP contribution in [0.15, 0.2) is 58.4 Å². The van der Waals surface area contributed by atoms with Crippen molar-refractivity contribution in [3.8, 4) is 5.75 Å². The zero-order chi connectivity index (χ0) is 13.9. The van der Waals surface area contributed by atoms with Gasteiger partial charge in [0, 0.05) is 0 Å². The van der Waals surface area contributed by atoms with E-state index in [9.17, 15) is 4.79 Å². The number of Topliss-reactive ketones (excluding diaryl/α,β-unsaturated/α-hetero) is 1. The lowest BCUT2D eigenvalue weighted by Gasteiger charge is -2.06. The maximum atomic E-state index is 12.0. The third kappa shape index (κ3) is 2.92. The topological polar surface area (TPSA) is 26.3 Å². The number of hydrogen-bond donors (Lipinski definition) is 0. The molecule has 0 fully saturated rings. The molecule has 20 heavy (non-hydrogen) atoms. The van der Waals surface area contributed by atoms with Crippen molar-refractivity contribution in [3.05, 3.63) is 63.3 Å². The fourth-order valence-electron chi connectivity index (χ4n) is 1.94. The highest BCUT2D eigenvalue weighted by Gasteiger charge is 2.09. The van der Waals surface area contributed by atoms with E-state index in [1.807, 2.05) is 48.5 Å². The first-order chi connectivity index (χ1) is 9.72. The zero-order valence-electron chi connectivity index (χ0n) is 10.5. The average Bonchev–Trinajstić information content (AvgIpc) is 2.91. The van der Waals surface area contributed by atoms with E-state index < -0.39 is 0 Å². The molecule has 0 radical (unpaired) electrons. The molecule has 0 amide bonds. The molecule has 0 bridgehead atoms. The van der Waals surface area contributed by atoms with E-state index in [0.29, 0.717) is 10.6 Å². The number of carbonyl (C=O) groups excluding carboxylic acids is 1. The van der Waals surface area contributed by atoms with Crippen LogP contribution in [0.1, 0.15) is 9.67 Å². The molecule has 3 aromatic rings. The van der Waals surface area contributed by atoms with Gasteiger partial charge in [-0.2, -0.15) is 0 Å². The molecule has 0 atom stereocenters. The Morgan fingerprint density at radius 1 is 1.05 bits per heavy atom. The molecule has 3 rings (SSSR count). The number of carbonyl (C=O) groups is 1. The molecule has 0 N–H and O–H groups in total. The van der Waals surface area contributed by atoms with Crippen LogP contribution in [-0.2, 0) is 0 Å². The summed E-state index contributed by atoms with van der Waals surface area (Å²) in [5, 5.41) is 2.27. The van der Waals surface area contributed by atoms with Crippen molar-refractivity contribution < 1.29 is 9.53 Å². The van der Waals surface area contributed by atoms with E-state index >= 15 is 0 Å². The fourth-order valence-corrected chi connectivity index (χ4v) is 3.25. The molecule has 0 saturated carbocycles. The van der Waals surface area contributed by atoms with Gasteiger partial charge in [-0.25, -0.2) is 0 Å². The second kappa shape index (κ2) is 5.77. The molecule has 1 heterocycles. The largest absolute Gasteiger partial charge is 0.485 e. The fraction of sp³-hybridized carbons (Fsp3) is 0.0625. The van der Waals surface area contributed by atoms with Crippen LogP contribution in [0.25, 0.3) is 10.8 Å². The van der Waals surface area contributed by atoms with Gasteiger partial charge in [-0.3, -0.25) is 4.79 Å². The van der Waals surface area contributed by atoms with E-state index in [1.165, 1.54) is 11.3 Å². The minimum Gasteiger partial charge on any atom is -0.485 e. The minimum absolute atomic E-state index is 0.00569. The van der Waals surface area contributed by atoms with Crippen LogP contribution in [0.5, 0.6) is 5.75 Å². The molecule has 4 heteroatoms. The molecule has 0 aliphatic carbocycles. The van der Waals surface area contributed by atoms with E-state index in [2.05, 4.69) is 15.9 Å². The molecular formula is C16H11BrO2S. The Hall–Kier alpha value is -1.65. The zero-order valence-corrected chi connectivity index (χ0v) is 12.9. The number of ketones is 1. The Morgan fingerprint density at radius 2 is 1.85 bits per heavy atom. The van der Waals surface area contributed by atoms with Crippen molar-refractivity contribution in [2.45, 2.75) is 0 Å². The monoisotopic (exact) mass is 346 g/mol. The van der Waals surface area contributed by atoms with Crippen molar-refractivity contribution in [3.63, 3.8) is 0 Å². The van der Waals surface area contributed by atoms with E-state index in [-0.39, 0.29) is 12.4 Å². The summed E-state index contributed by atoms with van der Waals surface area (Å²) >= 11 is 4.77. The van der Waals surface area contributed by atoms with Gasteiger partial charge in [0.15, 0.2) is 6.61 Å². The molecule has 0 aliphatic rings. The third-order valence-corrected chi connectivity index (χ3v) is 4.60. The lowest BCUT2D eigenvalue weighted by molar-refractivity contribution is 0.0925. The molecule has 0 unspecified atom stereocenters. The summed E-state index contributed by atoms with van der Waals surface area (Å²) in [5.41, 5.74) is 0. The Bertz CT molecular complexity index is 764. The number of hydrogen-bond acceptors (Lipinski definition) is 3. The van der Waals surface area contributed by atoms with Gasteiger partial charge in [0.25, 0.3) is 0 Å². The molecule has 1 aromatic heterocycles. The first-order valence-corrected chi connectivity index (χ1v) is 7.73. The van der Waals surface area contributed by atoms with Crippen molar-refractivity contribution in [2.75, 3.05) is 6.61 Å². The molecule has 0 spiro atoms. The van der Waals surface area contributed by atoms with Crippen LogP contribution in [0.4, 0.5) is 0 Å². The molecule has 2 aromatic carbocycles. The normalized spacial score (nSPS) is 10.7. The van der Waals surface area contributed by atoms with Crippen molar-refractivity contribution in [1.29, 1.82) is 0 Å². The summed E-state index contributed by atoms with van der Waals surface area (Å²) in [5.74, 6) is 0.710. The quantitative estimate of drug-likeness (QED) is 0.626. The van der Waals surface area contributed by atoms with Crippen molar-refractivity contribution in [1.82, 2.24) is 0 Å². The van der Waals surface area contributed by atoms with Crippen molar-refractivity contribution in [2.24, 2.45) is 0 Å². The molecule has 100 valence electrons. The number of benzene rings is 2. The third-order valence-electron chi connectivity index (χ3n) is 2.94. The predicted octanol–water partition coefficient (Wildman–Crippen LogP) is 4.93. The molecule has 0 saturated heterocycles. The smallest absolute Gasteiger partial charge is 0.210 e. The number of fused-ring (bicyclic) bond motifs is 1.